The van der Waals surface area contributed by atoms with Crippen LogP contribution in [0.4, 0.5) is 4.39 Å². The highest BCUT2D eigenvalue weighted by molar-refractivity contribution is 5.42. The average molecular weight is 207 g/mol. The van der Waals surface area contributed by atoms with Gasteiger partial charge in [-0.3, -0.25) is 0 Å². The van der Waals surface area contributed by atoms with Crippen LogP contribution in [0, 0.1) is 5.82 Å². The Bertz CT molecular complexity index is 399. The minimum Gasteiger partial charge on any atom is -0.388 e. The zero-order valence-electron chi connectivity index (χ0n) is 8.46. The van der Waals surface area contributed by atoms with E-state index in [9.17, 15) is 9.50 Å². The number of benzene rings is 1. The van der Waals surface area contributed by atoms with Gasteiger partial charge in [-0.2, -0.15) is 0 Å². The van der Waals surface area contributed by atoms with Crippen LogP contribution in [0.25, 0.3) is 0 Å². The summed E-state index contributed by atoms with van der Waals surface area (Å²) in [6.07, 6.45) is 1.29. The Balaban J connectivity index is 2.13. The van der Waals surface area contributed by atoms with Crippen molar-refractivity contribution in [3.63, 3.8) is 0 Å². The largest absolute Gasteiger partial charge is 0.388 e. The molecule has 0 saturated carbocycles. The van der Waals surface area contributed by atoms with Crippen LogP contribution in [0.2, 0.25) is 0 Å². The molecule has 1 aromatic rings. The van der Waals surface area contributed by atoms with E-state index in [2.05, 4.69) is 5.32 Å². The predicted octanol–water partition coefficient (Wildman–Crippen LogP) is 1.49. The van der Waals surface area contributed by atoms with Crippen molar-refractivity contribution in [2.45, 2.75) is 24.4 Å². The topological polar surface area (TPSA) is 32.3 Å². The fourth-order valence-corrected chi connectivity index (χ4v) is 3.03. The summed E-state index contributed by atoms with van der Waals surface area (Å²) in [5.41, 5.74) is 1.99. The molecule has 2 N–H and O–H groups in total. The van der Waals surface area contributed by atoms with Gasteiger partial charge in [0, 0.05) is 12.0 Å². The van der Waals surface area contributed by atoms with Crippen molar-refractivity contribution in [3.8, 4) is 0 Å². The summed E-state index contributed by atoms with van der Waals surface area (Å²) < 4.78 is 13.1. The molecule has 2 aliphatic rings. The molecule has 2 atom stereocenters. The monoisotopic (exact) mass is 207 g/mol. The number of hydrogen-bond donors (Lipinski definition) is 2. The van der Waals surface area contributed by atoms with Crippen molar-refractivity contribution in [1.29, 1.82) is 0 Å². The highest BCUT2D eigenvalue weighted by Gasteiger charge is 2.44. The fraction of sp³-hybridized carbons (Fsp3) is 0.500. The molecule has 1 saturated heterocycles. The van der Waals surface area contributed by atoms with Crippen molar-refractivity contribution < 1.29 is 9.50 Å². The third kappa shape index (κ3) is 1.23. The number of aliphatic hydroxyl groups is 1. The predicted molar refractivity (Wildman–Crippen MR) is 55.1 cm³/mol. The number of hydrogen-bond acceptors (Lipinski definition) is 2. The first-order valence-corrected chi connectivity index (χ1v) is 5.40. The van der Waals surface area contributed by atoms with Gasteiger partial charge in [-0.25, -0.2) is 4.39 Å². The van der Waals surface area contributed by atoms with E-state index in [1.807, 2.05) is 6.07 Å². The zero-order valence-corrected chi connectivity index (χ0v) is 8.46. The van der Waals surface area contributed by atoms with E-state index < -0.39 is 6.10 Å². The van der Waals surface area contributed by atoms with E-state index in [4.69, 9.17) is 0 Å². The SMILES string of the molecule is OC1CC2(CCNC2)c2ccc(F)cc21. The van der Waals surface area contributed by atoms with E-state index in [-0.39, 0.29) is 11.2 Å². The molecule has 1 aliphatic carbocycles. The van der Waals surface area contributed by atoms with Crippen LogP contribution in [0.5, 0.6) is 0 Å². The Labute approximate surface area is 88.1 Å². The van der Waals surface area contributed by atoms with Gasteiger partial charge in [0.1, 0.15) is 5.82 Å². The summed E-state index contributed by atoms with van der Waals surface area (Å²) in [5.74, 6) is -0.254. The summed E-state index contributed by atoms with van der Waals surface area (Å²) in [7, 11) is 0. The molecule has 2 nitrogen and oxygen atoms in total. The lowest BCUT2D eigenvalue weighted by molar-refractivity contribution is 0.157. The van der Waals surface area contributed by atoms with Gasteiger partial charge in [0.2, 0.25) is 0 Å². The van der Waals surface area contributed by atoms with E-state index in [1.165, 1.54) is 12.1 Å². The van der Waals surface area contributed by atoms with Gasteiger partial charge >= 0.3 is 0 Å². The first-order valence-electron chi connectivity index (χ1n) is 5.40. The molecule has 1 aliphatic heterocycles. The summed E-state index contributed by atoms with van der Waals surface area (Å²) >= 11 is 0. The Morgan fingerprint density at radius 1 is 1.47 bits per heavy atom. The quantitative estimate of drug-likeness (QED) is 0.675. The maximum atomic E-state index is 13.1. The van der Waals surface area contributed by atoms with E-state index >= 15 is 0 Å². The molecule has 1 fully saturated rings. The van der Waals surface area contributed by atoms with Gasteiger partial charge < -0.3 is 10.4 Å². The van der Waals surface area contributed by atoms with Crippen LogP contribution < -0.4 is 5.32 Å². The Hall–Kier alpha value is -0.930. The summed E-state index contributed by atoms with van der Waals surface area (Å²) in [6, 6.07) is 4.82. The van der Waals surface area contributed by atoms with Crippen molar-refractivity contribution in [2.24, 2.45) is 0 Å². The molecule has 0 bridgehead atoms. The molecule has 1 aromatic carbocycles. The summed E-state index contributed by atoms with van der Waals surface area (Å²) in [6.45, 7) is 1.90. The Kier molecular flexibility index (Phi) is 1.88. The van der Waals surface area contributed by atoms with Crippen LogP contribution >= 0.6 is 0 Å². The van der Waals surface area contributed by atoms with Crippen molar-refractivity contribution in [3.05, 3.63) is 35.1 Å². The van der Waals surface area contributed by atoms with Gasteiger partial charge in [-0.15, -0.1) is 0 Å². The zero-order chi connectivity index (χ0) is 10.5. The molecule has 80 valence electrons. The molecule has 1 spiro atoms. The number of fused-ring (bicyclic) bond motifs is 2. The molecule has 1 heterocycles. The highest BCUT2D eigenvalue weighted by atomic mass is 19.1. The minimum atomic E-state index is -0.490. The summed E-state index contributed by atoms with van der Waals surface area (Å²) in [5, 5.41) is 13.3. The summed E-state index contributed by atoms with van der Waals surface area (Å²) in [4.78, 5) is 0. The molecule has 2 unspecified atom stereocenters. The third-order valence-electron chi connectivity index (χ3n) is 3.77. The van der Waals surface area contributed by atoms with Gasteiger partial charge in [0.15, 0.2) is 0 Å². The number of aliphatic hydroxyl groups excluding tert-OH is 1. The standard InChI is InChI=1S/C12H14FNO/c13-8-1-2-10-9(5-8)11(15)6-12(10)3-4-14-7-12/h1-2,5,11,14-15H,3-4,6-7H2. The van der Waals surface area contributed by atoms with Crippen molar-refractivity contribution >= 4 is 0 Å². The molecular formula is C12H14FNO. The second kappa shape index (κ2) is 3.03. The molecule has 3 rings (SSSR count). The maximum Gasteiger partial charge on any atom is 0.123 e. The van der Waals surface area contributed by atoms with E-state index in [1.54, 1.807) is 0 Å². The molecule has 0 radical (unpaired) electrons. The van der Waals surface area contributed by atoms with Crippen LogP contribution in [-0.4, -0.2) is 18.2 Å². The average Bonchev–Trinajstić information content (AvgIpc) is 2.76. The first kappa shape index (κ1) is 9.31. The third-order valence-corrected chi connectivity index (χ3v) is 3.77. The Morgan fingerprint density at radius 3 is 3.07 bits per heavy atom. The van der Waals surface area contributed by atoms with Crippen LogP contribution in [0.15, 0.2) is 18.2 Å². The lowest BCUT2D eigenvalue weighted by atomic mass is 9.81. The number of nitrogens with one attached hydrogen (secondary N) is 1. The van der Waals surface area contributed by atoms with Gasteiger partial charge in [-0.1, -0.05) is 6.07 Å². The van der Waals surface area contributed by atoms with E-state index in [0.29, 0.717) is 0 Å². The fourth-order valence-electron chi connectivity index (χ4n) is 3.03. The van der Waals surface area contributed by atoms with Gasteiger partial charge in [0.25, 0.3) is 0 Å². The normalized spacial score (nSPS) is 33.6. The highest BCUT2D eigenvalue weighted by Crippen LogP contribution is 2.48. The van der Waals surface area contributed by atoms with Crippen LogP contribution in [-0.2, 0) is 5.41 Å². The van der Waals surface area contributed by atoms with Gasteiger partial charge in [0.05, 0.1) is 6.10 Å². The molecule has 3 heteroatoms. The maximum absolute atomic E-state index is 13.1. The van der Waals surface area contributed by atoms with Gasteiger partial charge in [-0.05, 0) is 42.6 Å². The molecule has 15 heavy (non-hydrogen) atoms. The van der Waals surface area contributed by atoms with Crippen molar-refractivity contribution in [1.82, 2.24) is 5.32 Å². The second-order valence-electron chi connectivity index (χ2n) is 4.66. The lowest BCUT2D eigenvalue weighted by Gasteiger charge is -2.23. The van der Waals surface area contributed by atoms with Crippen LogP contribution in [0.1, 0.15) is 30.1 Å². The second-order valence-corrected chi connectivity index (χ2v) is 4.66. The van der Waals surface area contributed by atoms with Crippen LogP contribution in [0.3, 0.4) is 0 Å². The molecule has 0 aromatic heterocycles. The first-order chi connectivity index (χ1) is 7.21. The Morgan fingerprint density at radius 2 is 2.33 bits per heavy atom. The van der Waals surface area contributed by atoms with Crippen molar-refractivity contribution in [2.75, 3.05) is 13.1 Å². The molecule has 0 amide bonds. The number of rotatable bonds is 0. The molecular weight excluding hydrogens is 193 g/mol. The smallest absolute Gasteiger partial charge is 0.123 e. The number of halogens is 1. The lowest BCUT2D eigenvalue weighted by Crippen LogP contribution is -2.26. The minimum absolute atomic E-state index is 0.0580. The van der Waals surface area contributed by atoms with E-state index in [0.717, 1.165) is 37.1 Å².